The van der Waals surface area contributed by atoms with E-state index in [-0.39, 0.29) is 12.4 Å². The van der Waals surface area contributed by atoms with Crippen LogP contribution in [0.1, 0.15) is 16.3 Å². The van der Waals surface area contributed by atoms with Gasteiger partial charge in [0.05, 0.1) is 16.4 Å². The third kappa shape index (κ3) is 3.46. The number of aromatic carboxylic acids is 1. The summed E-state index contributed by atoms with van der Waals surface area (Å²) in [5.74, 6) is -1.97. The Bertz CT molecular complexity index is 1070. The van der Waals surface area contributed by atoms with E-state index in [1.807, 2.05) is 12.3 Å². The summed E-state index contributed by atoms with van der Waals surface area (Å²) in [5.41, 5.74) is -1.17. The van der Waals surface area contributed by atoms with Crippen molar-refractivity contribution >= 4 is 50.5 Å². The van der Waals surface area contributed by atoms with Crippen LogP contribution in [0, 0.1) is 0 Å². The number of anilines is 1. The lowest BCUT2D eigenvalue weighted by Crippen LogP contribution is -2.19. The number of hydrogen-bond acceptors (Lipinski definition) is 9. The van der Waals surface area contributed by atoms with Gasteiger partial charge in [-0.15, -0.1) is 11.8 Å². The first-order valence-corrected chi connectivity index (χ1v) is 9.07. The molecule has 0 aromatic carbocycles. The van der Waals surface area contributed by atoms with Crippen LogP contribution in [0.25, 0.3) is 11.0 Å². The standard InChI is InChI=1S/C14H11BrN6O4S/c1-26-13-6(15)2-5-10(17-4-18-11(5)21-13)16-3-7-19-8(14(24)25)9(22)12(23)20-7/h2,4,22H,3H2,1H3,(H,24,25)(H,19,20,23)(H,16,17,18,21). The van der Waals surface area contributed by atoms with Gasteiger partial charge < -0.3 is 20.5 Å². The molecule has 26 heavy (non-hydrogen) atoms. The van der Waals surface area contributed by atoms with Crippen molar-refractivity contribution in [3.63, 3.8) is 0 Å². The molecule has 3 heterocycles. The number of carboxylic acid groups (broad SMARTS) is 1. The van der Waals surface area contributed by atoms with Crippen LogP contribution < -0.4 is 10.9 Å². The zero-order valence-electron chi connectivity index (χ0n) is 13.1. The highest BCUT2D eigenvalue weighted by molar-refractivity contribution is 9.10. The number of fused-ring (bicyclic) bond motifs is 1. The molecule has 0 unspecified atom stereocenters. The quantitative estimate of drug-likeness (QED) is 0.431. The molecule has 0 bridgehead atoms. The molecule has 12 heteroatoms. The van der Waals surface area contributed by atoms with Crippen LogP contribution >= 0.6 is 27.7 Å². The fourth-order valence-corrected chi connectivity index (χ4v) is 3.38. The molecule has 3 rings (SSSR count). The minimum atomic E-state index is -1.50. The Hall–Kier alpha value is -2.73. The van der Waals surface area contributed by atoms with Crippen LogP contribution in [0.4, 0.5) is 5.82 Å². The van der Waals surface area contributed by atoms with Gasteiger partial charge in [-0.3, -0.25) is 4.79 Å². The normalized spacial score (nSPS) is 10.8. The molecule has 0 aliphatic rings. The summed E-state index contributed by atoms with van der Waals surface area (Å²) < 4.78 is 0.777. The highest BCUT2D eigenvalue weighted by atomic mass is 79.9. The number of rotatable bonds is 5. The fourth-order valence-electron chi connectivity index (χ4n) is 2.14. The number of aromatic nitrogens is 5. The first-order valence-electron chi connectivity index (χ1n) is 7.05. The van der Waals surface area contributed by atoms with E-state index in [0.29, 0.717) is 16.9 Å². The number of nitrogens with zero attached hydrogens (tertiary/aromatic N) is 4. The number of halogens is 1. The number of hydrogen-bond donors (Lipinski definition) is 4. The van der Waals surface area contributed by atoms with Crippen molar-refractivity contribution in [1.82, 2.24) is 24.9 Å². The lowest BCUT2D eigenvalue weighted by Gasteiger charge is -2.09. The monoisotopic (exact) mass is 438 g/mol. The topological polar surface area (TPSA) is 154 Å². The van der Waals surface area contributed by atoms with Crippen LogP contribution in [-0.2, 0) is 6.54 Å². The maximum atomic E-state index is 11.6. The Labute approximate surface area is 158 Å². The van der Waals surface area contributed by atoms with E-state index < -0.39 is 23.0 Å². The Morgan fingerprint density at radius 3 is 2.85 bits per heavy atom. The smallest absolute Gasteiger partial charge is 0.358 e. The third-order valence-corrected chi connectivity index (χ3v) is 4.87. The van der Waals surface area contributed by atoms with E-state index in [1.54, 1.807) is 0 Å². The molecular formula is C14H11BrN6O4S. The van der Waals surface area contributed by atoms with Gasteiger partial charge in [0.15, 0.2) is 11.3 Å². The summed E-state index contributed by atoms with van der Waals surface area (Å²) in [5, 5.41) is 22.8. The van der Waals surface area contributed by atoms with E-state index >= 15 is 0 Å². The molecule has 0 saturated carbocycles. The molecule has 0 aliphatic heterocycles. The SMILES string of the molecule is CSc1nc2ncnc(NCc3nc(C(=O)O)c(O)c(=O)[nH]3)c2cc1Br. The number of carboxylic acids is 1. The minimum absolute atomic E-state index is 0.0240. The number of carbonyl (C=O) groups is 1. The van der Waals surface area contributed by atoms with Crippen LogP contribution in [0.15, 0.2) is 26.7 Å². The molecule has 0 saturated heterocycles. The molecule has 3 aromatic rings. The maximum absolute atomic E-state index is 11.6. The number of H-pyrrole nitrogens is 1. The van der Waals surface area contributed by atoms with Crippen molar-refractivity contribution in [3.05, 3.63) is 38.7 Å². The summed E-state index contributed by atoms with van der Waals surface area (Å²) in [7, 11) is 0. The van der Waals surface area contributed by atoms with Gasteiger partial charge in [-0.2, -0.15) is 0 Å². The first-order chi connectivity index (χ1) is 12.4. The Morgan fingerprint density at radius 1 is 1.38 bits per heavy atom. The molecule has 0 amide bonds. The highest BCUT2D eigenvalue weighted by Gasteiger charge is 2.17. The van der Waals surface area contributed by atoms with Gasteiger partial charge in [-0.1, -0.05) is 0 Å². The number of pyridine rings is 1. The van der Waals surface area contributed by atoms with Gasteiger partial charge in [-0.25, -0.2) is 24.7 Å². The number of nitrogens with one attached hydrogen (secondary N) is 2. The van der Waals surface area contributed by atoms with E-state index in [9.17, 15) is 14.7 Å². The van der Waals surface area contributed by atoms with Gasteiger partial charge in [0.25, 0.3) is 5.56 Å². The minimum Gasteiger partial charge on any atom is -0.501 e. The Kier molecular flexibility index (Phi) is 5.04. The Balaban J connectivity index is 1.94. The lowest BCUT2D eigenvalue weighted by atomic mass is 10.3. The second kappa shape index (κ2) is 7.25. The van der Waals surface area contributed by atoms with Crippen LogP contribution in [-0.4, -0.2) is 47.4 Å². The predicted molar refractivity (Wildman–Crippen MR) is 97.6 cm³/mol. The van der Waals surface area contributed by atoms with Gasteiger partial charge >= 0.3 is 5.97 Å². The second-order valence-corrected chi connectivity index (χ2v) is 6.59. The van der Waals surface area contributed by atoms with E-state index in [4.69, 9.17) is 5.11 Å². The molecule has 3 aromatic heterocycles. The fraction of sp³-hybridized carbons (Fsp3) is 0.143. The molecule has 134 valence electrons. The van der Waals surface area contributed by atoms with Crippen molar-refractivity contribution in [1.29, 1.82) is 0 Å². The maximum Gasteiger partial charge on any atom is 0.358 e. The van der Waals surface area contributed by atoms with E-state index in [2.05, 4.69) is 46.2 Å². The lowest BCUT2D eigenvalue weighted by molar-refractivity contribution is 0.0686. The van der Waals surface area contributed by atoms with Gasteiger partial charge in [0.2, 0.25) is 5.75 Å². The molecule has 0 atom stereocenters. The van der Waals surface area contributed by atoms with Crippen molar-refractivity contribution in [2.24, 2.45) is 0 Å². The number of aromatic amines is 1. The zero-order chi connectivity index (χ0) is 18.8. The Morgan fingerprint density at radius 2 is 2.15 bits per heavy atom. The van der Waals surface area contributed by atoms with Crippen molar-refractivity contribution < 1.29 is 15.0 Å². The molecule has 0 fully saturated rings. The molecule has 4 N–H and O–H groups in total. The largest absolute Gasteiger partial charge is 0.501 e. The van der Waals surface area contributed by atoms with Gasteiger partial charge in [-0.05, 0) is 28.3 Å². The molecule has 0 radical (unpaired) electrons. The summed E-state index contributed by atoms with van der Waals surface area (Å²) in [6.45, 7) is -0.0240. The highest BCUT2D eigenvalue weighted by Crippen LogP contribution is 2.29. The summed E-state index contributed by atoms with van der Waals surface area (Å²) >= 11 is 4.90. The van der Waals surface area contributed by atoms with Gasteiger partial charge in [0.1, 0.15) is 23.0 Å². The summed E-state index contributed by atoms with van der Waals surface area (Å²) in [6.07, 6.45) is 3.23. The molecule has 0 aliphatic carbocycles. The van der Waals surface area contributed by atoms with E-state index in [0.717, 1.165) is 9.50 Å². The second-order valence-electron chi connectivity index (χ2n) is 4.94. The molecule has 0 spiro atoms. The summed E-state index contributed by atoms with van der Waals surface area (Å²) in [6, 6.07) is 1.81. The van der Waals surface area contributed by atoms with Crippen LogP contribution in [0.3, 0.4) is 0 Å². The predicted octanol–water partition coefficient (Wildman–Crippen LogP) is 1.61. The van der Waals surface area contributed by atoms with Crippen LogP contribution in [0.5, 0.6) is 5.75 Å². The van der Waals surface area contributed by atoms with Crippen LogP contribution in [0.2, 0.25) is 0 Å². The number of aromatic hydroxyl groups is 1. The molecular weight excluding hydrogens is 428 g/mol. The van der Waals surface area contributed by atoms with Gasteiger partial charge in [0, 0.05) is 0 Å². The first kappa shape index (κ1) is 18.1. The number of thioether (sulfide) groups is 1. The van der Waals surface area contributed by atoms with E-state index in [1.165, 1.54) is 18.1 Å². The summed E-state index contributed by atoms with van der Waals surface area (Å²) in [4.78, 5) is 41.4. The molecule has 10 nitrogen and oxygen atoms in total. The van der Waals surface area contributed by atoms with Crippen molar-refractivity contribution in [3.8, 4) is 5.75 Å². The van der Waals surface area contributed by atoms with Crippen molar-refractivity contribution in [2.45, 2.75) is 11.6 Å². The third-order valence-electron chi connectivity index (χ3n) is 3.31. The average Bonchev–Trinajstić information content (AvgIpc) is 2.61. The average molecular weight is 439 g/mol. The zero-order valence-corrected chi connectivity index (χ0v) is 15.6. The van der Waals surface area contributed by atoms with Crippen molar-refractivity contribution in [2.75, 3.05) is 11.6 Å².